The van der Waals surface area contributed by atoms with Crippen LogP contribution in [0.2, 0.25) is 0 Å². The summed E-state index contributed by atoms with van der Waals surface area (Å²) in [5, 5.41) is 5.04. The van der Waals surface area contributed by atoms with E-state index in [1.54, 1.807) is 0 Å². The first-order valence-corrected chi connectivity index (χ1v) is 19.2. The molecule has 8 aromatic rings. The van der Waals surface area contributed by atoms with Crippen molar-refractivity contribution in [2.45, 2.75) is 5.92 Å². The number of para-hydroxylation sites is 1. The largest absolute Gasteiger partial charge is 0.460 e. The van der Waals surface area contributed by atoms with Crippen molar-refractivity contribution in [3.8, 4) is 50.3 Å². The molecule has 0 radical (unpaired) electrons. The van der Waals surface area contributed by atoms with E-state index < -0.39 is 0 Å². The average Bonchev–Trinajstić information content (AvgIpc) is 3.66. The van der Waals surface area contributed by atoms with Gasteiger partial charge in [-0.1, -0.05) is 176 Å². The van der Waals surface area contributed by atoms with Crippen molar-refractivity contribution in [3.63, 3.8) is 0 Å². The molecule has 0 saturated carbocycles. The van der Waals surface area contributed by atoms with Gasteiger partial charge < -0.3 is 4.74 Å². The third-order valence-corrected chi connectivity index (χ3v) is 11.6. The molecule has 0 saturated heterocycles. The molecular formula is C54H36O. The van der Waals surface area contributed by atoms with Gasteiger partial charge in [-0.25, -0.2) is 0 Å². The maximum absolute atomic E-state index is 6.67. The van der Waals surface area contributed by atoms with Gasteiger partial charge in [-0.3, -0.25) is 0 Å². The Hall–Kier alpha value is -6.96. The van der Waals surface area contributed by atoms with Gasteiger partial charge in [0.2, 0.25) is 0 Å². The zero-order chi connectivity index (χ0) is 36.3. The van der Waals surface area contributed by atoms with E-state index in [-0.39, 0.29) is 11.8 Å². The van der Waals surface area contributed by atoms with Crippen LogP contribution in [0, 0.1) is 5.92 Å². The van der Waals surface area contributed by atoms with Crippen LogP contribution in [0.1, 0.15) is 17.0 Å². The molecule has 8 aromatic carbocycles. The highest BCUT2D eigenvalue weighted by molar-refractivity contribution is 6.22. The first kappa shape index (κ1) is 31.6. The quantitative estimate of drug-likeness (QED) is 0.162. The van der Waals surface area contributed by atoms with E-state index in [2.05, 4.69) is 206 Å². The molecule has 2 aliphatic carbocycles. The van der Waals surface area contributed by atoms with Gasteiger partial charge in [0.15, 0.2) is 0 Å². The first-order valence-electron chi connectivity index (χ1n) is 19.2. The van der Waals surface area contributed by atoms with Crippen molar-refractivity contribution in [1.82, 2.24) is 0 Å². The average molecular weight is 701 g/mol. The summed E-state index contributed by atoms with van der Waals surface area (Å²) in [6.45, 7) is 0. The van der Waals surface area contributed by atoms with Crippen LogP contribution in [-0.2, 0) is 0 Å². The molecule has 0 N–H and O–H groups in total. The molecule has 0 fully saturated rings. The number of fused-ring (bicyclic) bond motifs is 7. The van der Waals surface area contributed by atoms with Crippen LogP contribution < -0.4 is 4.74 Å². The van der Waals surface area contributed by atoms with Crippen LogP contribution in [0.25, 0.3) is 71.6 Å². The monoisotopic (exact) mass is 700 g/mol. The van der Waals surface area contributed by atoms with E-state index in [9.17, 15) is 0 Å². The summed E-state index contributed by atoms with van der Waals surface area (Å²) < 4.78 is 6.67. The Kier molecular flexibility index (Phi) is 7.38. The Morgan fingerprint density at radius 1 is 0.400 bits per heavy atom. The minimum absolute atomic E-state index is 0.174. The topological polar surface area (TPSA) is 9.23 Å². The van der Waals surface area contributed by atoms with E-state index in [0.717, 1.165) is 17.1 Å². The van der Waals surface area contributed by atoms with E-state index in [0.29, 0.717) is 0 Å². The summed E-state index contributed by atoms with van der Waals surface area (Å²) in [4.78, 5) is 0. The van der Waals surface area contributed by atoms with Crippen molar-refractivity contribution in [3.05, 3.63) is 229 Å². The van der Waals surface area contributed by atoms with E-state index >= 15 is 0 Å². The second-order valence-corrected chi connectivity index (χ2v) is 14.8. The van der Waals surface area contributed by atoms with Crippen molar-refractivity contribution in [2.24, 2.45) is 5.92 Å². The van der Waals surface area contributed by atoms with Crippen LogP contribution in [0.15, 0.2) is 218 Å². The lowest BCUT2D eigenvalue weighted by atomic mass is 9.73. The molecule has 0 bridgehead atoms. The molecule has 258 valence electrons. The molecule has 1 nitrogen and oxygen atoms in total. The zero-order valence-corrected chi connectivity index (χ0v) is 30.2. The lowest BCUT2D eigenvalue weighted by Crippen LogP contribution is -2.19. The van der Waals surface area contributed by atoms with Gasteiger partial charge in [0.25, 0.3) is 0 Å². The molecule has 2 atom stereocenters. The molecule has 11 rings (SSSR count). The summed E-state index contributed by atoms with van der Waals surface area (Å²) in [5.41, 5.74) is 14.7. The van der Waals surface area contributed by atoms with Gasteiger partial charge >= 0.3 is 0 Å². The summed E-state index contributed by atoms with van der Waals surface area (Å²) >= 11 is 0. The summed E-state index contributed by atoms with van der Waals surface area (Å²) in [6, 6.07) is 64.1. The Bertz CT molecular complexity index is 2940. The van der Waals surface area contributed by atoms with Crippen molar-refractivity contribution in [2.75, 3.05) is 0 Å². The Balaban J connectivity index is 1.05. The lowest BCUT2D eigenvalue weighted by molar-refractivity contribution is 0.412. The van der Waals surface area contributed by atoms with Gasteiger partial charge in [0, 0.05) is 17.1 Å². The zero-order valence-electron chi connectivity index (χ0n) is 30.2. The molecule has 0 aromatic heterocycles. The highest BCUT2D eigenvalue weighted by atomic mass is 16.5. The summed E-state index contributed by atoms with van der Waals surface area (Å²) in [5.74, 6) is 2.47. The molecule has 0 amide bonds. The van der Waals surface area contributed by atoms with Crippen LogP contribution >= 0.6 is 0 Å². The minimum Gasteiger partial charge on any atom is -0.460 e. The molecular weight excluding hydrogens is 665 g/mol. The standard InChI is InChI=1S/C54H36O/c1-3-15-35(16-4-1)51-44-25-9-10-26-45(44)52(36-17-5-2-6-18-36)49-33-40(29-30-46(49)51)38-21-13-20-37(31-38)39-22-14-23-41(32-39)48-34-42-19-7-8-24-43(42)53-47-27-11-12-28-50(47)55-54(48)53/h1-34,43,53H. The first-order chi connectivity index (χ1) is 27.3. The third kappa shape index (κ3) is 5.23. The molecule has 1 heterocycles. The Labute approximate surface area is 321 Å². The van der Waals surface area contributed by atoms with Crippen LogP contribution in [-0.4, -0.2) is 0 Å². The third-order valence-electron chi connectivity index (χ3n) is 11.6. The highest BCUT2D eigenvalue weighted by Crippen LogP contribution is 2.54. The van der Waals surface area contributed by atoms with Gasteiger partial charge in [-0.15, -0.1) is 0 Å². The van der Waals surface area contributed by atoms with Gasteiger partial charge in [0.1, 0.15) is 11.5 Å². The minimum atomic E-state index is 0.174. The fourth-order valence-electron chi connectivity index (χ4n) is 9.15. The maximum atomic E-state index is 6.67. The number of benzene rings is 8. The lowest BCUT2D eigenvalue weighted by Gasteiger charge is -2.30. The number of rotatable bonds is 5. The fraction of sp³-hybridized carbons (Fsp3) is 0.0370. The SMILES string of the molecule is C1=CC2=CC(c3cccc(-c4cccc(-c5ccc6c(-c7ccccc7)c7ccccc7c(-c7ccccc7)c6c5)c4)c3)=C3Oc4ccccc4C3C2C=C1. The summed E-state index contributed by atoms with van der Waals surface area (Å²) in [6.07, 6.45) is 11.2. The van der Waals surface area contributed by atoms with E-state index in [4.69, 9.17) is 4.74 Å². The molecule has 2 unspecified atom stereocenters. The predicted octanol–water partition coefficient (Wildman–Crippen LogP) is 14.2. The highest BCUT2D eigenvalue weighted by Gasteiger charge is 2.40. The number of allylic oxidation sites excluding steroid dienone is 8. The second-order valence-electron chi connectivity index (χ2n) is 14.8. The normalized spacial score (nSPS) is 16.8. The van der Waals surface area contributed by atoms with Crippen LogP contribution in [0.5, 0.6) is 5.75 Å². The number of ether oxygens (including phenoxy) is 1. The van der Waals surface area contributed by atoms with Gasteiger partial charge in [-0.05, 0) is 108 Å². The second kappa shape index (κ2) is 12.9. The Morgan fingerprint density at radius 2 is 0.945 bits per heavy atom. The van der Waals surface area contributed by atoms with Gasteiger partial charge in [0.05, 0.1) is 5.92 Å². The molecule has 1 heteroatoms. The van der Waals surface area contributed by atoms with E-state index in [1.807, 2.05) is 0 Å². The number of hydrogen-bond donors (Lipinski definition) is 0. The van der Waals surface area contributed by atoms with Crippen molar-refractivity contribution < 1.29 is 4.74 Å². The fourth-order valence-corrected chi connectivity index (χ4v) is 9.15. The van der Waals surface area contributed by atoms with Crippen LogP contribution in [0.4, 0.5) is 0 Å². The van der Waals surface area contributed by atoms with Gasteiger partial charge in [-0.2, -0.15) is 0 Å². The molecule has 1 aliphatic heterocycles. The maximum Gasteiger partial charge on any atom is 0.130 e. The molecule has 55 heavy (non-hydrogen) atoms. The van der Waals surface area contributed by atoms with Crippen LogP contribution in [0.3, 0.4) is 0 Å². The Morgan fingerprint density at radius 3 is 1.65 bits per heavy atom. The summed E-state index contributed by atoms with van der Waals surface area (Å²) in [7, 11) is 0. The molecule has 3 aliphatic rings. The van der Waals surface area contributed by atoms with Crippen molar-refractivity contribution >= 4 is 27.1 Å². The van der Waals surface area contributed by atoms with E-state index in [1.165, 1.54) is 82.8 Å². The van der Waals surface area contributed by atoms with Crippen molar-refractivity contribution in [1.29, 1.82) is 0 Å². The molecule has 0 spiro atoms. The number of hydrogen-bond acceptors (Lipinski definition) is 1. The predicted molar refractivity (Wildman–Crippen MR) is 230 cm³/mol. The smallest absolute Gasteiger partial charge is 0.130 e.